The first-order valence-corrected chi connectivity index (χ1v) is 16.5. The molecule has 15 heteroatoms. The molecule has 5 aromatic rings. The van der Waals surface area contributed by atoms with Crippen LogP contribution in [0.1, 0.15) is 33.0 Å². The van der Waals surface area contributed by atoms with Gasteiger partial charge in [0, 0.05) is 53.4 Å². The Kier molecular flexibility index (Phi) is 9.27. The number of nitriles is 1. The van der Waals surface area contributed by atoms with E-state index in [1.165, 1.54) is 34.8 Å². The lowest BCUT2D eigenvalue weighted by Crippen LogP contribution is -2.45. The smallest absolute Gasteiger partial charge is 0.418 e. The first-order valence-electron chi connectivity index (χ1n) is 15.2. The highest BCUT2D eigenvalue weighted by Gasteiger charge is 2.39. The number of carbonyl (C=O) groups is 1. The van der Waals surface area contributed by atoms with Crippen LogP contribution < -0.4 is 15.2 Å². The van der Waals surface area contributed by atoms with Crippen molar-refractivity contribution in [2.75, 3.05) is 51.8 Å². The number of rotatable bonds is 7. The van der Waals surface area contributed by atoms with Crippen molar-refractivity contribution in [3.05, 3.63) is 79.3 Å². The molecule has 6 rings (SSSR count). The summed E-state index contributed by atoms with van der Waals surface area (Å²) < 4.78 is 56.3. The number of benzene rings is 2. The van der Waals surface area contributed by atoms with E-state index >= 15 is 0 Å². The van der Waals surface area contributed by atoms with Crippen LogP contribution in [0.4, 0.5) is 18.9 Å². The minimum Gasteiger partial charge on any atom is -0.491 e. The maximum atomic E-state index is 14.4. The number of ether oxygens (including phenoxy) is 2. The molecular weight excluding hydrogens is 681 g/mol. The van der Waals surface area contributed by atoms with E-state index in [0.29, 0.717) is 46.2 Å². The van der Waals surface area contributed by atoms with Gasteiger partial charge in [0.1, 0.15) is 24.3 Å². The number of aromatic nitrogens is 3. The molecule has 4 heterocycles. The number of anilines is 1. The second-order valence-corrected chi connectivity index (χ2v) is 13.0. The third-order valence-corrected chi connectivity index (χ3v) is 9.75. The van der Waals surface area contributed by atoms with Gasteiger partial charge in [0.25, 0.3) is 5.56 Å². The van der Waals surface area contributed by atoms with E-state index in [-0.39, 0.29) is 54.2 Å². The zero-order valence-electron chi connectivity index (χ0n) is 26.9. The Balaban J connectivity index is 1.38. The topological polar surface area (TPSA) is 114 Å². The lowest BCUT2D eigenvalue weighted by molar-refractivity contribution is -0.137. The summed E-state index contributed by atoms with van der Waals surface area (Å²) in [6.45, 7) is 4.83. The Bertz CT molecular complexity index is 2220. The third-order valence-electron chi connectivity index (χ3n) is 8.51. The van der Waals surface area contributed by atoms with Gasteiger partial charge in [0.15, 0.2) is 0 Å². The Morgan fingerprint density at radius 1 is 1.10 bits per heavy atom. The molecular formula is C34H30ClF3N6O4S. The van der Waals surface area contributed by atoms with Crippen LogP contribution in [0.25, 0.3) is 32.2 Å². The average molecular weight is 711 g/mol. The van der Waals surface area contributed by atoms with Gasteiger partial charge >= 0.3 is 12.1 Å². The lowest BCUT2D eigenvalue weighted by Gasteiger charge is -2.36. The summed E-state index contributed by atoms with van der Waals surface area (Å²) >= 11 is 7.74. The van der Waals surface area contributed by atoms with Crippen molar-refractivity contribution in [1.29, 1.82) is 5.26 Å². The number of fused-ring (bicyclic) bond motifs is 2. The number of likely N-dealkylation sites (N-methyl/N-ethyl adjacent to an activating group) is 1. The molecule has 1 saturated heterocycles. The molecule has 0 atom stereocenters. The highest BCUT2D eigenvalue weighted by Crippen LogP contribution is 2.42. The minimum atomic E-state index is -4.77. The van der Waals surface area contributed by atoms with E-state index in [2.05, 4.69) is 9.97 Å². The monoisotopic (exact) mass is 710 g/mol. The number of hydrogen-bond donors (Lipinski definition) is 0. The maximum Gasteiger partial charge on any atom is 0.418 e. The van der Waals surface area contributed by atoms with E-state index in [1.807, 2.05) is 24.1 Å². The standard InChI is InChI=1S/C34H30ClF3N6O4S/c1-18-13-22(31-29(40-18)24(17-49-31)33(46)47-4)21-14-20(35)5-6-27(21)48-12-11-44-19(2)41-26-15-25(34(36,37)38)30(23(16-39)28(26)32(44)45)43-9-7-42(3)8-10-43/h5-6,13-15,17H,7-12H2,1-4H3. The van der Waals surface area contributed by atoms with Gasteiger partial charge in [-0.05, 0) is 51.2 Å². The van der Waals surface area contributed by atoms with Gasteiger partial charge in [-0.3, -0.25) is 14.3 Å². The minimum absolute atomic E-state index is 0.0122. The number of alkyl halides is 3. The number of methoxy groups -OCH3 is 1. The first kappa shape index (κ1) is 34.2. The molecule has 0 spiro atoms. The van der Waals surface area contributed by atoms with Gasteiger partial charge in [-0.2, -0.15) is 18.4 Å². The van der Waals surface area contributed by atoms with Gasteiger partial charge in [-0.1, -0.05) is 11.6 Å². The van der Waals surface area contributed by atoms with Crippen LogP contribution in [0.5, 0.6) is 5.75 Å². The number of aryl methyl sites for hydroxylation is 2. The number of esters is 1. The number of piperazine rings is 1. The molecule has 0 amide bonds. The third kappa shape index (κ3) is 6.41. The van der Waals surface area contributed by atoms with E-state index in [0.717, 1.165) is 16.3 Å². The second kappa shape index (κ2) is 13.3. The quantitative estimate of drug-likeness (QED) is 0.176. The van der Waals surface area contributed by atoms with Crippen molar-refractivity contribution in [3.63, 3.8) is 0 Å². The fourth-order valence-corrected chi connectivity index (χ4v) is 7.28. The maximum absolute atomic E-state index is 14.4. The van der Waals surface area contributed by atoms with Crippen molar-refractivity contribution < 1.29 is 27.4 Å². The van der Waals surface area contributed by atoms with Crippen molar-refractivity contribution in [3.8, 4) is 22.9 Å². The van der Waals surface area contributed by atoms with Crippen LogP contribution in [0.2, 0.25) is 5.02 Å². The van der Waals surface area contributed by atoms with Gasteiger partial charge in [0.05, 0.1) is 57.2 Å². The number of thiophene rings is 1. The van der Waals surface area contributed by atoms with Crippen LogP contribution in [0, 0.1) is 25.2 Å². The lowest BCUT2D eigenvalue weighted by atomic mass is 10.00. The van der Waals surface area contributed by atoms with Crippen LogP contribution >= 0.6 is 22.9 Å². The number of hydrogen-bond acceptors (Lipinski definition) is 10. The van der Waals surface area contributed by atoms with E-state index in [1.54, 1.807) is 30.5 Å². The number of pyridine rings is 1. The SMILES string of the molecule is COC(=O)c1csc2c(-c3cc(Cl)ccc3OCCn3c(C)nc4cc(C(F)(F)F)c(N5CCN(C)CC5)c(C#N)c4c3=O)cc(C)nc12. The molecule has 0 unspecified atom stereocenters. The molecule has 10 nitrogen and oxygen atoms in total. The summed E-state index contributed by atoms with van der Waals surface area (Å²) in [7, 11) is 3.17. The van der Waals surface area contributed by atoms with Crippen molar-refractivity contribution in [2.24, 2.45) is 0 Å². The molecule has 1 aliphatic rings. The average Bonchev–Trinajstić information content (AvgIpc) is 3.49. The molecule has 254 valence electrons. The van der Waals surface area contributed by atoms with Gasteiger partial charge < -0.3 is 19.3 Å². The van der Waals surface area contributed by atoms with E-state index < -0.39 is 23.3 Å². The molecule has 0 N–H and O–H groups in total. The van der Waals surface area contributed by atoms with Crippen molar-refractivity contribution in [2.45, 2.75) is 26.6 Å². The molecule has 0 radical (unpaired) electrons. The summed E-state index contributed by atoms with van der Waals surface area (Å²) in [5.41, 5.74) is 0.375. The zero-order valence-corrected chi connectivity index (χ0v) is 28.5. The van der Waals surface area contributed by atoms with Crippen molar-refractivity contribution >= 4 is 55.7 Å². The van der Waals surface area contributed by atoms with Crippen molar-refractivity contribution in [1.82, 2.24) is 19.4 Å². The Hall–Kier alpha value is -4.71. The number of halogens is 4. The van der Waals surface area contributed by atoms with Gasteiger partial charge in [-0.15, -0.1) is 11.3 Å². The molecule has 0 aliphatic carbocycles. The summed E-state index contributed by atoms with van der Waals surface area (Å²) in [6, 6.07) is 9.71. The number of nitrogens with zero attached hydrogens (tertiary/aromatic N) is 6. The van der Waals surface area contributed by atoms with Crippen LogP contribution in [0.3, 0.4) is 0 Å². The van der Waals surface area contributed by atoms with Crippen LogP contribution in [-0.2, 0) is 17.5 Å². The van der Waals surface area contributed by atoms with E-state index in [9.17, 15) is 28.0 Å². The first-order chi connectivity index (χ1) is 23.3. The second-order valence-electron chi connectivity index (χ2n) is 11.7. The predicted octanol–water partition coefficient (Wildman–Crippen LogP) is 6.45. The largest absolute Gasteiger partial charge is 0.491 e. The predicted molar refractivity (Wildman–Crippen MR) is 182 cm³/mol. The zero-order chi connectivity index (χ0) is 35.2. The molecule has 3 aromatic heterocycles. The molecule has 49 heavy (non-hydrogen) atoms. The summed E-state index contributed by atoms with van der Waals surface area (Å²) in [5, 5.41) is 12.2. The summed E-state index contributed by atoms with van der Waals surface area (Å²) in [4.78, 5) is 38.8. The molecule has 1 aliphatic heterocycles. The highest BCUT2D eigenvalue weighted by atomic mass is 35.5. The molecule has 0 saturated carbocycles. The Morgan fingerprint density at radius 3 is 2.51 bits per heavy atom. The molecule has 0 bridgehead atoms. The summed E-state index contributed by atoms with van der Waals surface area (Å²) in [6.07, 6.45) is -4.77. The molecule has 1 fully saturated rings. The highest BCUT2D eigenvalue weighted by molar-refractivity contribution is 7.18. The Labute approximate surface area is 287 Å². The fraction of sp³-hybridized carbons (Fsp3) is 0.324. The number of carbonyl (C=O) groups excluding carboxylic acids is 1. The fourth-order valence-electron chi connectivity index (χ4n) is 6.10. The normalized spacial score (nSPS) is 14.0. The van der Waals surface area contributed by atoms with Crippen LogP contribution in [-0.4, -0.2) is 72.3 Å². The van der Waals surface area contributed by atoms with Gasteiger partial charge in [0.2, 0.25) is 0 Å². The van der Waals surface area contributed by atoms with Crippen LogP contribution in [0.15, 0.2) is 40.5 Å². The molecule has 2 aromatic carbocycles. The van der Waals surface area contributed by atoms with E-state index in [4.69, 9.17) is 21.1 Å². The van der Waals surface area contributed by atoms with Gasteiger partial charge in [-0.25, -0.2) is 9.78 Å². The Morgan fingerprint density at radius 2 is 1.84 bits per heavy atom. The summed E-state index contributed by atoms with van der Waals surface area (Å²) in [5.74, 6) is 0.100.